The van der Waals surface area contributed by atoms with Crippen molar-refractivity contribution in [2.24, 2.45) is 0 Å². The molecule has 0 bridgehead atoms. The van der Waals surface area contributed by atoms with Gasteiger partial charge in [0.2, 0.25) is 0 Å². The lowest BCUT2D eigenvalue weighted by Crippen LogP contribution is -2.32. The summed E-state index contributed by atoms with van der Waals surface area (Å²) in [4.78, 5) is 11.3. The van der Waals surface area contributed by atoms with E-state index in [1.807, 2.05) is 30.9 Å². The number of hydrogen-bond donors (Lipinski definition) is 0. The molecule has 0 N–H and O–H groups in total. The summed E-state index contributed by atoms with van der Waals surface area (Å²) >= 11 is 0. The van der Waals surface area contributed by atoms with E-state index in [9.17, 15) is 0 Å². The molecule has 0 unspecified atom stereocenters. The van der Waals surface area contributed by atoms with Crippen LogP contribution in [0.25, 0.3) is 0 Å². The van der Waals surface area contributed by atoms with Gasteiger partial charge in [0.05, 0.1) is 23.8 Å². The second-order valence-electron chi connectivity index (χ2n) is 7.12. The maximum Gasteiger partial charge on any atom is 0.0951 e. The number of ether oxygens (including phenoxy) is 1. The van der Waals surface area contributed by atoms with Gasteiger partial charge in [0, 0.05) is 45.2 Å². The molecule has 27 heavy (non-hydrogen) atoms. The molecule has 5 nitrogen and oxygen atoms in total. The number of nitrogens with zero attached hydrogens (tertiary/aromatic N) is 4. The van der Waals surface area contributed by atoms with E-state index in [4.69, 9.17) is 4.74 Å². The third-order valence-electron chi connectivity index (χ3n) is 4.98. The number of rotatable bonds is 8. The molecule has 0 amide bonds. The number of imidazole rings is 1. The quantitative estimate of drug-likeness (QED) is 0.615. The van der Waals surface area contributed by atoms with Crippen LogP contribution in [0.5, 0.6) is 0 Å². The van der Waals surface area contributed by atoms with Gasteiger partial charge in [0.1, 0.15) is 0 Å². The van der Waals surface area contributed by atoms with Gasteiger partial charge in [-0.1, -0.05) is 36.4 Å². The van der Waals surface area contributed by atoms with Crippen molar-refractivity contribution < 1.29 is 4.74 Å². The van der Waals surface area contributed by atoms with Gasteiger partial charge in [-0.3, -0.25) is 9.88 Å². The maximum absolute atomic E-state index is 5.88. The molecule has 3 heterocycles. The van der Waals surface area contributed by atoms with Crippen molar-refractivity contribution in [3.8, 4) is 0 Å². The summed E-state index contributed by atoms with van der Waals surface area (Å²) in [6.07, 6.45) is 8.38. The third kappa shape index (κ3) is 5.02. The highest BCUT2D eigenvalue weighted by atomic mass is 16.5. The molecule has 0 spiro atoms. The van der Waals surface area contributed by atoms with Crippen LogP contribution in [0, 0.1) is 0 Å². The van der Waals surface area contributed by atoms with E-state index in [0.29, 0.717) is 6.10 Å². The maximum atomic E-state index is 5.88. The van der Waals surface area contributed by atoms with Crippen molar-refractivity contribution in [1.82, 2.24) is 19.4 Å². The van der Waals surface area contributed by atoms with Crippen LogP contribution in [0.4, 0.5) is 0 Å². The Balaban J connectivity index is 1.48. The zero-order valence-corrected chi connectivity index (χ0v) is 15.6. The van der Waals surface area contributed by atoms with E-state index in [1.165, 1.54) is 11.3 Å². The summed E-state index contributed by atoms with van der Waals surface area (Å²) in [6, 6.07) is 16.6. The van der Waals surface area contributed by atoms with E-state index < -0.39 is 0 Å². The highest BCUT2D eigenvalue weighted by molar-refractivity contribution is 5.16. The lowest BCUT2D eigenvalue weighted by atomic mass is 10.2. The van der Waals surface area contributed by atoms with Gasteiger partial charge < -0.3 is 9.30 Å². The largest absolute Gasteiger partial charge is 0.377 e. The van der Waals surface area contributed by atoms with Crippen molar-refractivity contribution in [1.29, 1.82) is 0 Å². The predicted octanol–water partition coefficient (Wildman–Crippen LogP) is 3.51. The first-order valence-corrected chi connectivity index (χ1v) is 9.63. The molecule has 1 atom stereocenters. The average Bonchev–Trinajstić information content (AvgIpc) is 3.36. The molecule has 2 aromatic heterocycles. The molecule has 4 rings (SSSR count). The minimum Gasteiger partial charge on any atom is -0.377 e. The van der Waals surface area contributed by atoms with Crippen LogP contribution in [-0.2, 0) is 24.4 Å². The summed E-state index contributed by atoms with van der Waals surface area (Å²) in [5.41, 5.74) is 3.59. The van der Waals surface area contributed by atoms with E-state index in [0.717, 1.165) is 51.3 Å². The smallest absolute Gasteiger partial charge is 0.0951 e. The van der Waals surface area contributed by atoms with Gasteiger partial charge in [-0.2, -0.15) is 0 Å². The normalized spacial score (nSPS) is 16.9. The number of aromatic nitrogens is 3. The van der Waals surface area contributed by atoms with Crippen LogP contribution in [-0.4, -0.2) is 38.7 Å². The fourth-order valence-electron chi connectivity index (χ4n) is 3.61. The average molecular weight is 362 g/mol. The Labute approximate surface area is 160 Å². The molecule has 0 radical (unpaired) electrons. The summed E-state index contributed by atoms with van der Waals surface area (Å²) in [7, 11) is 0. The van der Waals surface area contributed by atoms with E-state index in [1.54, 1.807) is 0 Å². The Morgan fingerprint density at radius 1 is 1.07 bits per heavy atom. The van der Waals surface area contributed by atoms with Crippen LogP contribution in [0.3, 0.4) is 0 Å². The van der Waals surface area contributed by atoms with Crippen LogP contribution >= 0.6 is 0 Å². The molecular weight excluding hydrogens is 336 g/mol. The zero-order valence-electron chi connectivity index (χ0n) is 15.6. The predicted molar refractivity (Wildman–Crippen MR) is 105 cm³/mol. The molecule has 1 aliphatic rings. The van der Waals surface area contributed by atoms with Gasteiger partial charge >= 0.3 is 0 Å². The Kier molecular flexibility index (Phi) is 5.92. The monoisotopic (exact) mass is 362 g/mol. The minimum absolute atomic E-state index is 0.319. The van der Waals surface area contributed by atoms with Crippen molar-refractivity contribution >= 4 is 0 Å². The summed E-state index contributed by atoms with van der Waals surface area (Å²) < 4.78 is 8.11. The van der Waals surface area contributed by atoms with Crippen LogP contribution in [0.15, 0.2) is 67.3 Å². The summed E-state index contributed by atoms with van der Waals surface area (Å²) in [5.74, 6) is 0. The van der Waals surface area contributed by atoms with Gasteiger partial charge in [-0.15, -0.1) is 0 Å². The Hall–Kier alpha value is -2.50. The molecule has 1 fully saturated rings. The van der Waals surface area contributed by atoms with Gasteiger partial charge in [0.15, 0.2) is 0 Å². The lowest BCUT2D eigenvalue weighted by molar-refractivity contribution is 0.0667. The zero-order chi connectivity index (χ0) is 18.3. The fourth-order valence-corrected chi connectivity index (χ4v) is 3.61. The summed E-state index contributed by atoms with van der Waals surface area (Å²) in [5, 5.41) is 0. The SMILES string of the molecule is c1ccc(Cn2cncc2CN(Cc2ccccn2)C[C@H]2CCCO2)cc1. The topological polar surface area (TPSA) is 43.2 Å². The van der Waals surface area contributed by atoms with E-state index >= 15 is 0 Å². The second kappa shape index (κ2) is 8.93. The molecule has 1 saturated heterocycles. The molecule has 1 aromatic carbocycles. The molecule has 3 aromatic rings. The first-order valence-electron chi connectivity index (χ1n) is 9.63. The Morgan fingerprint density at radius 2 is 1.96 bits per heavy atom. The first kappa shape index (κ1) is 17.9. The van der Waals surface area contributed by atoms with E-state index in [-0.39, 0.29) is 0 Å². The summed E-state index contributed by atoms with van der Waals surface area (Å²) in [6.45, 7) is 4.30. The third-order valence-corrected chi connectivity index (χ3v) is 4.98. The van der Waals surface area contributed by atoms with Crippen LogP contribution in [0.2, 0.25) is 0 Å². The van der Waals surface area contributed by atoms with Gasteiger partial charge in [-0.25, -0.2) is 4.98 Å². The standard InChI is InChI=1S/C22H26N4O/c1-2-7-19(8-3-1)14-26-18-23-13-21(26)16-25(17-22-10-6-12-27-22)15-20-9-4-5-11-24-20/h1-5,7-9,11,13,18,22H,6,10,12,14-17H2/t22-/m1/s1. The van der Waals surface area contributed by atoms with Crippen LogP contribution < -0.4 is 0 Å². The van der Waals surface area contributed by atoms with Crippen molar-refractivity contribution in [2.45, 2.75) is 38.6 Å². The van der Waals surface area contributed by atoms with E-state index in [2.05, 4.69) is 55.8 Å². The Morgan fingerprint density at radius 3 is 2.74 bits per heavy atom. The molecule has 5 heteroatoms. The molecule has 0 saturated carbocycles. The Bertz CT molecular complexity index is 813. The van der Waals surface area contributed by atoms with Crippen LogP contribution in [0.1, 0.15) is 29.8 Å². The lowest BCUT2D eigenvalue weighted by Gasteiger charge is -2.25. The fraction of sp³-hybridized carbons (Fsp3) is 0.364. The minimum atomic E-state index is 0.319. The van der Waals surface area contributed by atoms with Gasteiger partial charge in [-0.05, 0) is 30.5 Å². The van der Waals surface area contributed by atoms with Crippen molar-refractivity contribution in [3.63, 3.8) is 0 Å². The molecular formula is C22H26N4O. The highest BCUT2D eigenvalue weighted by Crippen LogP contribution is 2.17. The van der Waals surface area contributed by atoms with Crippen molar-refractivity contribution in [3.05, 3.63) is 84.2 Å². The number of benzene rings is 1. The second-order valence-corrected chi connectivity index (χ2v) is 7.12. The van der Waals surface area contributed by atoms with Gasteiger partial charge in [0.25, 0.3) is 0 Å². The molecule has 140 valence electrons. The number of hydrogen-bond acceptors (Lipinski definition) is 4. The first-order chi connectivity index (χ1) is 13.4. The molecule has 0 aliphatic carbocycles. The number of pyridine rings is 1. The molecule has 1 aliphatic heterocycles. The van der Waals surface area contributed by atoms with Crippen molar-refractivity contribution in [2.75, 3.05) is 13.2 Å². The highest BCUT2D eigenvalue weighted by Gasteiger charge is 2.20.